The molecule has 0 aliphatic carbocycles. The molecule has 0 saturated heterocycles. The van der Waals surface area contributed by atoms with Gasteiger partial charge in [0, 0.05) is 24.3 Å². The molecule has 2 rings (SSSR count). The molecular formula is C16H18FN3S. The smallest absolute Gasteiger partial charge is 0.127 e. The van der Waals surface area contributed by atoms with Gasteiger partial charge < -0.3 is 5.73 Å². The summed E-state index contributed by atoms with van der Waals surface area (Å²) in [4.78, 5) is 6.46. The SMILES string of the molecule is CC(c1ccccc1F)N(C)Cc1ccnc(C(N)=S)c1. The molecule has 21 heavy (non-hydrogen) atoms. The normalized spacial score (nSPS) is 12.4. The Morgan fingerprint density at radius 1 is 1.38 bits per heavy atom. The molecule has 0 bridgehead atoms. The van der Waals surface area contributed by atoms with Crippen LogP contribution in [0.15, 0.2) is 42.6 Å². The molecule has 0 spiro atoms. The molecule has 110 valence electrons. The largest absolute Gasteiger partial charge is 0.388 e. The van der Waals surface area contributed by atoms with Gasteiger partial charge in [-0.05, 0) is 37.7 Å². The standard InChI is InChI=1S/C16H18FN3S/c1-11(13-5-3-4-6-14(13)17)20(2)10-12-7-8-19-15(9-12)16(18)21/h3-9,11H,10H2,1-2H3,(H2,18,21). The monoisotopic (exact) mass is 303 g/mol. The van der Waals surface area contributed by atoms with Gasteiger partial charge in [0.1, 0.15) is 10.8 Å². The summed E-state index contributed by atoms with van der Waals surface area (Å²) in [7, 11) is 1.96. The van der Waals surface area contributed by atoms with Crippen molar-refractivity contribution in [1.82, 2.24) is 9.88 Å². The number of aromatic nitrogens is 1. The predicted molar refractivity (Wildman–Crippen MR) is 86.4 cm³/mol. The second-order valence-corrected chi connectivity index (χ2v) is 5.47. The Morgan fingerprint density at radius 2 is 2.10 bits per heavy atom. The van der Waals surface area contributed by atoms with Gasteiger partial charge in [0.15, 0.2) is 0 Å². The van der Waals surface area contributed by atoms with Crippen molar-refractivity contribution in [2.24, 2.45) is 5.73 Å². The third kappa shape index (κ3) is 3.83. The van der Waals surface area contributed by atoms with E-state index in [0.717, 1.165) is 5.56 Å². The molecule has 5 heteroatoms. The Labute approximate surface area is 129 Å². The van der Waals surface area contributed by atoms with Gasteiger partial charge in [-0.15, -0.1) is 0 Å². The fraction of sp³-hybridized carbons (Fsp3) is 0.250. The van der Waals surface area contributed by atoms with Crippen LogP contribution in [0.1, 0.15) is 29.8 Å². The maximum absolute atomic E-state index is 13.8. The number of hydrogen-bond donors (Lipinski definition) is 1. The molecule has 1 aromatic carbocycles. The Kier molecular flexibility index (Phi) is 4.98. The van der Waals surface area contributed by atoms with Crippen molar-refractivity contribution in [2.75, 3.05) is 7.05 Å². The quantitative estimate of drug-likeness (QED) is 0.862. The molecule has 1 unspecified atom stereocenters. The number of benzene rings is 1. The Hall–Kier alpha value is -1.85. The maximum atomic E-state index is 13.8. The van der Waals surface area contributed by atoms with E-state index in [1.165, 1.54) is 6.07 Å². The van der Waals surface area contributed by atoms with Crippen LogP contribution in [0.5, 0.6) is 0 Å². The average molecular weight is 303 g/mol. The molecule has 0 saturated carbocycles. The Bertz CT molecular complexity index is 645. The van der Waals surface area contributed by atoms with Gasteiger partial charge in [0.05, 0.1) is 5.69 Å². The van der Waals surface area contributed by atoms with Crippen molar-refractivity contribution in [3.05, 3.63) is 65.2 Å². The molecule has 2 N–H and O–H groups in total. The van der Waals surface area contributed by atoms with Gasteiger partial charge >= 0.3 is 0 Å². The van der Waals surface area contributed by atoms with E-state index >= 15 is 0 Å². The number of halogens is 1. The van der Waals surface area contributed by atoms with Gasteiger partial charge in [-0.2, -0.15) is 0 Å². The summed E-state index contributed by atoms with van der Waals surface area (Å²) in [5.41, 5.74) is 7.92. The molecular weight excluding hydrogens is 285 g/mol. The van der Waals surface area contributed by atoms with Crippen LogP contribution in [0.2, 0.25) is 0 Å². The molecule has 1 aromatic heterocycles. The van der Waals surface area contributed by atoms with Crippen molar-refractivity contribution in [2.45, 2.75) is 19.5 Å². The minimum Gasteiger partial charge on any atom is -0.388 e. The van der Waals surface area contributed by atoms with E-state index in [4.69, 9.17) is 18.0 Å². The zero-order chi connectivity index (χ0) is 15.4. The Balaban J connectivity index is 2.14. The number of hydrogen-bond acceptors (Lipinski definition) is 3. The van der Waals surface area contributed by atoms with E-state index in [0.29, 0.717) is 17.8 Å². The van der Waals surface area contributed by atoms with Gasteiger partial charge in [0.25, 0.3) is 0 Å². The molecule has 0 fully saturated rings. The third-order valence-electron chi connectivity index (χ3n) is 3.53. The highest BCUT2D eigenvalue weighted by atomic mass is 32.1. The van der Waals surface area contributed by atoms with Crippen molar-refractivity contribution >= 4 is 17.2 Å². The van der Waals surface area contributed by atoms with Crippen molar-refractivity contribution in [3.8, 4) is 0 Å². The lowest BCUT2D eigenvalue weighted by Crippen LogP contribution is -2.23. The van der Waals surface area contributed by atoms with Crippen LogP contribution in [0.3, 0.4) is 0 Å². The molecule has 2 aromatic rings. The second-order valence-electron chi connectivity index (χ2n) is 5.03. The minimum atomic E-state index is -0.185. The van der Waals surface area contributed by atoms with Gasteiger partial charge in [-0.1, -0.05) is 30.4 Å². The van der Waals surface area contributed by atoms with Gasteiger partial charge in [-0.25, -0.2) is 4.39 Å². The summed E-state index contributed by atoms with van der Waals surface area (Å²) in [5.74, 6) is -0.185. The maximum Gasteiger partial charge on any atom is 0.127 e. The summed E-state index contributed by atoms with van der Waals surface area (Å²) in [6.07, 6.45) is 1.69. The molecule has 0 radical (unpaired) electrons. The fourth-order valence-corrected chi connectivity index (χ4v) is 2.30. The topological polar surface area (TPSA) is 42.2 Å². The van der Waals surface area contributed by atoms with E-state index in [1.807, 2.05) is 38.2 Å². The first-order valence-corrected chi connectivity index (χ1v) is 7.09. The van der Waals surface area contributed by atoms with E-state index in [9.17, 15) is 4.39 Å². The van der Waals surface area contributed by atoms with Gasteiger partial charge in [-0.3, -0.25) is 9.88 Å². The van der Waals surface area contributed by atoms with E-state index in [-0.39, 0.29) is 16.8 Å². The van der Waals surface area contributed by atoms with E-state index < -0.39 is 0 Å². The summed E-state index contributed by atoms with van der Waals surface area (Å²) in [6, 6.07) is 10.6. The zero-order valence-corrected chi connectivity index (χ0v) is 12.9. The van der Waals surface area contributed by atoms with Crippen LogP contribution in [-0.4, -0.2) is 21.9 Å². The first-order valence-electron chi connectivity index (χ1n) is 6.68. The van der Waals surface area contributed by atoms with Crippen molar-refractivity contribution < 1.29 is 4.39 Å². The van der Waals surface area contributed by atoms with E-state index in [2.05, 4.69) is 9.88 Å². The fourth-order valence-electron chi connectivity index (χ4n) is 2.18. The Morgan fingerprint density at radius 3 is 2.76 bits per heavy atom. The van der Waals surface area contributed by atoms with Crippen molar-refractivity contribution in [1.29, 1.82) is 0 Å². The first kappa shape index (κ1) is 15.5. The van der Waals surface area contributed by atoms with Crippen LogP contribution in [0.25, 0.3) is 0 Å². The minimum absolute atomic E-state index is 0.0346. The van der Waals surface area contributed by atoms with Crippen LogP contribution in [0, 0.1) is 5.82 Å². The number of rotatable bonds is 5. The van der Waals surface area contributed by atoms with E-state index in [1.54, 1.807) is 12.3 Å². The number of pyridine rings is 1. The molecule has 1 heterocycles. The highest BCUT2D eigenvalue weighted by molar-refractivity contribution is 7.80. The summed E-state index contributed by atoms with van der Waals surface area (Å²) >= 11 is 4.93. The van der Waals surface area contributed by atoms with Crippen LogP contribution in [-0.2, 0) is 6.54 Å². The zero-order valence-electron chi connectivity index (χ0n) is 12.1. The molecule has 1 atom stereocenters. The summed E-state index contributed by atoms with van der Waals surface area (Å²) in [5, 5.41) is 0. The average Bonchev–Trinajstić information content (AvgIpc) is 2.47. The second kappa shape index (κ2) is 6.74. The lowest BCUT2D eigenvalue weighted by atomic mass is 10.1. The number of nitrogens with zero attached hydrogens (tertiary/aromatic N) is 2. The van der Waals surface area contributed by atoms with Crippen molar-refractivity contribution in [3.63, 3.8) is 0 Å². The summed E-state index contributed by atoms with van der Waals surface area (Å²) in [6.45, 7) is 2.64. The van der Waals surface area contributed by atoms with Crippen LogP contribution >= 0.6 is 12.2 Å². The predicted octanol–water partition coefficient (Wildman–Crippen LogP) is 3.05. The van der Waals surface area contributed by atoms with Crippen LogP contribution in [0.4, 0.5) is 4.39 Å². The first-order chi connectivity index (χ1) is 9.99. The number of nitrogens with two attached hydrogens (primary N) is 1. The highest BCUT2D eigenvalue weighted by Gasteiger charge is 2.15. The highest BCUT2D eigenvalue weighted by Crippen LogP contribution is 2.23. The lowest BCUT2D eigenvalue weighted by Gasteiger charge is -2.25. The summed E-state index contributed by atoms with van der Waals surface area (Å²) < 4.78 is 13.8. The molecule has 3 nitrogen and oxygen atoms in total. The lowest BCUT2D eigenvalue weighted by molar-refractivity contribution is 0.248. The molecule has 0 aliphatic heterocycles. The van der Waals surface area contributed by atoms with Crippen LogP contribution < -0.4 is 5.73 Å². The number of thiocarbonyl (C=S) groups is 1. The molecule has 0 amide bonds. The molecule has 0 aliphatic rings. The van der Waals surface area contributed by atoms with Gasteiger partial charge in [0.2, 0.25) is 0 Å². The third-order valence-corrected chi connectivity index (χ3v) is 3.73.